The summed E-state index contributed by atoms with van der Waals surface area (Å²) in [4.78, 5) is 53.8. The van der Waals surface area contributed by atoms with Crippen molar-refractivity contribution >= 4 is 23.6 Å². The number of rotatable bonds is 5. The van der Waals surface area contributed by atoms with Gasteiger partial charge in [-0.05, 0) is 43.7 Å². The highest BCUT2D eigenvalue weighted by atomic mass is 16.5. The molecule has 1 aliphatic heterocycles. The molecule has 0 saturated carbocycles. The van der Waals surface area contributed by atoms with E-state index in [1.54, 1.807) is 26.2 Å². The van der Waals surface area contributed by atoms with Crippen molar-refractivity contribution in [3.8, 4) is 22.7 Å². The van der Waals surface area contributed by atoms with E-state index in [0.29, 0.717) is 22.7 Å². The Labute approximate surface area is 197 Å². The van der Waals surface area contributed by atoms with Gasteiger partial charge in [0.05, 0.1) is 12.8 Å². The lowest BCUT2D eigenvalue weighted by Crippen LogP contribution is -2.56. The van der Waals surface area contributed by atoms with E-state index in [1.165, 1.54) is 21.0 Å². The molecule has 0 radical (unpaired) electrons. The molecule has 8 nitrogen and oxygen atoms in total. The first-order chi connectivity index (χ1) is 16.2. The molecule has 1 fully saturated rings. The van der Waals surface area contributed by atoms with Gasteiger partial charge in [-0.3, -0.25) is 24.2 Å². The van der Waals surface area contributed by atoms with Crippen LogP contribution in [0.3, 0.4) is 0 Å². The average molecular weight is 460 g/mol. The molecule has 2 heterocycles. The second kappa shape index (κ2) is 8.62. The highest BCUT2D eigenvalue weighted by molar-refractivity contribution is 6.21. The third-order valence-electron chi connectivity index (χ3n) is 6.19. The molecule has 1 aromatic heterocycles. The smallest absolute Gasteiger partial charge is 0.332 e. The summed E-state index contributed by atoms with van der Waals surface area (Å²) in [5, 5.41) is 0. The number of ketones is 1. The SMILES string of the molecule is COc1ccc(-n2c(C)c(C(C)=O)c(C3C(=O)N(C)C(=O)N(C)C3=O)c2-c2ccccc2)cc1. The fourth-order valence-electron chi connectivity index (χ4n) is 4.53. The summed E-state index contributed by atoms with van der Waals surface area (Å²) in [7, 11) is 4.25. The van der Waals surface area contributed by atoms with Gasteiger partial charge in [-0.2, -0.15) is 0 Å². The molecular formula is C26H25N3O5. The Morgan fingerprint density at radius 1 is 0.882 bits per heavy atom. The van der Waals surface area contributed by atoms with Crippen molar-refractivity contribution in [2.24, 2.45) is 0 Å². The van der Waals surface area contributed by atoms with Crippen LogP contribution in [0, 0.1) is 6.92 Å². The molecule has 1 aliphatic rings. The van der Waals surface area contributed by atoms with Crippen LogP contribution in [0.4, 0.5) is 4.79 Å². The van der Waals surface area contributed by atoms with Gasteiger partial charge in [0.25, 0.3) is 0 Å². The second-order valence-corrected chi connectivity index (χ2v) is 8.19. The van der Waals surface area contributed by atoms with Crippen molar-refractivity contribution in [1.82, 2.24) is 14.4 Å². The Bertz CT molecular complexity index is 1280. The van der Waals surface area contributed by atoms with Crippen molar-refractivity contribution in [3.63, 3.8) is 0 Å². The molecular weight excluding hydrogens is 434 g/mol. The molecule has 0 unspecified atom stereocenters. The zero-order valence-corrected chi connectivity index (χ0v) is 19.7. The molecule has 0 aliphatic carbocycles. The van der Waals surface area contributed by atoms with E-state index < -0.39 is 23.8 Å². The normalized spacial score (nSPS) is 14.7. The zero-order valence-electron chi connectivity index (χ0n) is 19.7. The number of urea groups is 1. The lowest BCUT2D eigenvalue weighted by molar-refractivity contribution is -0.143. The van der Waals surface area contributed by atoms with Crippen molar-refractivity contribution in [2.45, 2.75) is 19.8 Å². The molecule has 34 heavy (non-hydrogen) atoms. The molecule has 1 saturated heterocycles. The summed E-state index contributed by atoms with van der Waals surface area (Å²) >= 11 is 0. The topological polar surface area (TPSA) is 88.9 Å². The first kappa shape index (κ1) is 23.0. The highest BCUT2D eigenvalue weighted by Crippen LogP contribution is 2.41. The van der Waals surface area contributed by atoms with Gasteiger partial charge in [0.15, 0.2) is 5.78 Å². The van der Waals surface area contributed by atoms with E-state index in [2.05, 4.69) is 0 Å². The number of aromatic nitrogens is 1. The lowest BCUT2D eigenvalue weighted by Gasteiger charge is -2.33. The number of hydrogen-bond donors (Lipinski definition) is 0. The molecule has 0 atom stereocenters. The average Bonchev–Trinajstić information content (AvgIpc) is 3.14. The molecule has 8 heteroatoms. The van der Waals surface area contributed by atoms with Crippen LogP contribution in [0.15, 0.2) is 54.6 Å². The van der Waals surface area contributed by atoms with Crippen LogP contribution < -0.4 is 4.74 Å². The summed E-state index contributed by atoms with van der Waals surface area (Å²) < 4.78 is 7.15. The van der Waals surface area contributed by atoms with E-state index >= 15 is 0 Å². The summed E-state index contributed by atoms with van der Waals surface area (Å²) in [5.74, 6) is -2.28. The van der Waals surface area contributed by atoms with E-state index in [9.17, 15) is 19.2 Å². The van der Waals surface area contributed by atoms with Crippen molar-refractivity contribution in [2.75, 3.05) is 21.2 Å². The Morgan fingerprint density at radius 2 is 1.44 bits per heavy atom. The first-order valence-corrected chi connectivity index (χ1v) is 10.7. The van der Waals surface area contributed by atoms with Gasteiger partial charge in [0.2, 0.25) is 11.8 Å². The summed E-state index contributed by atoms with van der Waals surface area (Å²) in [6.45, 7) is 3.20. The number of amides is 4. The molecule has 4 amide bonds. The molecule has 0 bridgehead atoms. The lowest BCUT2D eigenvalue weighted by atomic mass is 9.87. The second-order valence-electron chi connectivity index (χ2n) is 8.19. The summed E-state index contributed by atoms with van der Waals surface area (Å²) in [5.41, 5.74) is 3.20. The number of imide groups is 2. The van der Waals surface area contributed by atoms with E-state index in [0.717, 1.165) is 21.1 Å². The van der Waals surface area contributed by atoms with Gasteiger partial charge < -0.3 is 9.30 Å². The van der Waals surface area contributed by atoms with Gasteiger partial charge in [-0.1, -0.05) is 30.3 Å². The molecule has 174 valence electrons. The highest BCUT2D eigenvalue weighted by Gasteiger charge is 2.47. The van der Waals surface area contributed by atoms with Gasteiger partial charge in [0, 0.05) is 36.6 Å². The maximum absolute atomic E-state index is 13.3. The van der Waals surface area contributed by atoms with E-state index in [4.69, 9.17) is 4.74 Å². The monoisotopic (exact) mass is 459 g/mol. The number of hydrogen-bond acceptors (Lipinski definition) is 5. The van der Waals surface area contributed by atoms with Crippen LogP contribution in [-0.4, -0.2) is 59.2 Å². The molecule has 3 aromatic rings. The van der Waals surface area contributed by atoms with Gasteiger partial charge in [0.1, 0.15) is 11.7 Å². The quantitative estimate of drug-likeness (QED) is 0.428. The van der Waals surface area contributed by atoms with Crippen molar-refractivity contribution in [1.29, 1.82) is 0 Å². The number of Topliss-reactive ketones (excluding diaryl/α,β-unsaturated/α-hetero) is 1. The van der Waals surface area contributed by atoms with Crippen LogP contribution in [0.1, 0.15) is 34.5 Å². The molecule has 0 spiro atoms. The van der Waals surface area contributed by atoms with Gasteiger partial charge >= 0.3 is 6.03 Å². The van der Waals surface area contributed by atoms with Crippen LogP contribution >= 0.6 is 0 Å². The van der Waals surface area contributed by atoms with Crippen LogP contribution in [0.5, 0.6) is 5.75 Å². The Balaban J connectivity index is 2.11. The zero-order chi connectivity index (χ0) is 24.7. The van der Waals surface area contributed by atoms with Crippen LogP contribution in [-0.2, 0) is 9.59 Å². The maximum atomic E-state index is 13.3. The summed E-state index contributed by atoms with van der Waals surface area (Å²) in [6.07, 6.45) is 0. The predicted molar refractivity (Wildman–Crippen MR) is 126 cm³/mol. The summed E-state index contributed by atoms with van der Waals surface area (Å²) in [6, 6.07) is 15.9. The Hall–Kier alpha value is -4.20. The van der Waals surface area contributed by atoms with Crippen molar-refractivity contribution in [3.05, 3.63) is 71.4 Å². The number of methoxy groups -OCH3 is 1. The van der Waals surface area contributed by atoms with E-state index in [-0.39, 0.29) is 11.3 Å². The number of carbonyl (C=O) groups is 4. The Kier molecular flexibility index (Phi) is 5.83. The molecule has 0 N–H and O–H groups in total. The number of carbonyl (C=O) groups excluding carboxylic acids is 4. The fraction of sp³-hybridized carbons (Fsp3) is 0.231. The number of nitrogens with zero attached hydrogens (tertiary/aromatic N) is 3. The van der Waals surface area contributed by atoms with Crippen LogP contribution in [0.2, 0.25) is 0 Å². The third-order valence-corrected chi connectivity index (χ3v) is 6.19. The van der Waals surface area contributed by atoms with E-state index in [1.807, 2.05) is 47.0 Å². The number of ether oxygens (including phenoxy) is 1. The minimum absolute atomic E-state index is 0.278. The van der Waals surface area contributed by atoms with Gasteiger partial charge in [-0.15, -0.1) is 0 Å². The third kappa shape index (κ3) is 3.48. The van der Waals surface area contributed by atoms with Gasteiger partial charge in [-0.25, -0.2) is 4.79 Å². The molecule has 4 rings (SSSR count). The largest absolute Gasteiger partial charge is 0.497 e. The Morgan fingerprint density at radius 3 is 1.94 bits per heavy atom. The van der Waals surface area contributed by atoms with Crippen LogP contribution in [0.25, 0.3) is 16.9 Å². The number of benzene rings is 2. The van der Waals surface area contributed by atoms with Crippen molar-refractivity contribution < 1.29 is 23.9 Å². The number of barbiturate groups is 1. The standard InChI is InChI=1S/C26H25N3O5/c1-15-20(16(2)30)21(22-24(31)27(3)26(33)28(4)25(22)32)23(17-9-7-6-8-10-17)29(15)18-11-13-19(34-5)14-12-18/h6-14,22H,1-5H3. The molecule has 2 aromatic carbocycles. The first-order valence-electron chi connectivity index (χ1n) is 10.7. The maximum Gasteiger partial charge on any atom is 0.332 e. The fourth-order valence-corrected chi connectivity index (χ4v) is 4.53. The number of likely N-dealkylation sites (N-methyl/N-ethyl adjacent to an activating group) is 2. The predicted octanol–water partition coefficient (Wildman–Crippen LogP) is 3.80. The minimum Gasteiger partial charge on any atom is -0.497 e. The minimum atomic E-state index is -1.33.